The Labute approximate surface area is 117 Å². The van der Waals surface area contributed by atoms with Gasteiger partial charge in [-0.2, -0.15) is 0 Å². The second-order valence-electron chi connectivity index (χ2n) is 4.48. The molecule has 1 N–H and O–H groups in total. The first-order valence-corrected chi connectivity index (χ1v) is 6.51. The van der Waals surface area contributed by atoms with Crippen molar-refractivity contribution >= 4 is 10.9 Å². The molecule has 0 atom stereocenters. The van der Waals surface area contributed by atoms with E-state index in [4.69, 9.17) is 14.2 Å². The minimum absolute atomic E-state index is 0.0833. The van der Waals surface area contributed by atoms with E-state index in [1.807, 2.05) is 0 Å². The second kappa shape index (κ2) is 5.86. The van der Waals surface area contributed by atoms with E-state index in [1.54, 1.807) is 19.2 Å². The van der Waals surface area contributed by atoms with Crippen LogP contribution in [0.4, 0.5) is 0 Å². The fraction of sp³-hybridized carbons (Fsp3) is 0.400. The molecule has 108 valence electrons. The molecule has 2 aromatic rings. The van der Waals surface area contributed by atoms with Crippen LogP contribution in [0, 0.1) is 0 Å². The Morgan fingerprint density at radius 2 is 1.75 bits per heavy atom. The van der Waals surface area contributed by atoms with Crippen LogP contribution in [0.5, 0.6) is 17.2 Å². The molecule has 0 unspecified atom stereocenters. The number of ether oxygens (including phenoxy) is 3. The maximum absolute atomic E-state index is 12.3. The van der Waals surface area contributed by atoms with Crippen LogP contribution < -0.4 is 19.6 Å². The highest BCUT2D eigenvalue weighted by molar-refractivity contribution is 5.90. The van der Waals surface area contributed by atoms with Crippen LogP contribution in [0.15, 0.2) is 16.9 Å². The number of rotatable bonds is 5. The molecule has 0 bridgehead atoms. The SMILES string of the molecule is CCCc1cc(=O)c2c(OC)c(OC)c(OC)cc2[nH]1. The monoisotopic (exact) mass is 277 g/mol. The van der Waals surface area contributed by atoms with E-state index in [9.17, 15) is 4.79 Å². The van der Waals surface area contributed by atoms with Crippen molar-refractivity contribution in [3.05, 3.63) is 28.0 Å². The summed E-state index contributed by atoms with van der Waals surface area (Å²) in [5.74, 6) is 1.35. The van der Waals surface area contributed by atoms with Crippen LogP contribution in [-0.4, -0.2) is 26.3 Å². The molecule has 0 aliphatic rings. The van der Waals surface area contributed by atoms with E-state index in [1.165, 1.54) is 14.2 Å². The molecular formula is C15H19NO4. The van der Waals surface area contributed by atoms with E-state index in [2.05, 4.69) is 11.9 Å². The first kappa shape index (κ1) is 14.2. The molecule has 1 heterocycles. The van der Waals surface area contributed by atoms with Crippen LogP contribution in [0.2, 0.25) is 0 Å². The van der Waals surface area contributed by atoms with Crippen LogP contribution in [0.25, 0.3) is 10.9 Å². The molecule has 0 aliphatic heterocycles. The van der Waals surface area contributed by atoms with E-state index >= 15 is 0 Å². The highest BCUT2D eigenvalue weighted by atomic mass is 16.5. The lowest BCUT2D eigenvalue weighted by Gasteiger charge is -2.14. The van der Waals surface area contributed by atoms with E-state index < -0.39 is 0 Å². The van der Waals surface area contributed by atoms with Gasteiger partial charge in [-0.3, -0.25) is 4.79 Å². The zero-order chi connectivity index (χ0) is 14.7. The molecule has 0 aliphatic carbocycles. The average Bonchev–Trinajstić information content (AvgIpc) is 2.45. The molecule has 5 heteroatoms. The normalized spacial score (nSPS) is 10.6. The van der Waals surface area contributed by atoms with Gasteiger partial charge >= 0.3 is 0 Å². The van der Waals surface area contributed by atoms with E-state index in [0.717, 1.165) is 18.5 Å². The third-order valence-electron chi connectivity index (χ3n) is 3.20. The van der Waals surface area contributed by atoms with Gasteiger partial charge in [-0.05, 0) is 6.42 Å². The number of fused-ring (bicyclic) bond motifs is 1. The Morgan fingerprint density at radius 1 is 1.05 bits per heavy atom. The van der Waals surface area contributed by atoms with Gasteiger partial charge in [-0.25, -0.2) is 0 Å². The van der Waals surface area contributed by atoms with Crippen molar-refractivity contribution in [2.75, 3.05) is 21.3 Å². The first-order chi connectivity index (χ1) is 9.65. The number of methoxy groups -OCH3 is 3. The van der Waals surface area contributed by atoms with Crippen LogP contribution in [-0.2, 0) is 6.42 Å². The van der Waals surface area contributed by atoms with Gasteiger partial charge in [0.2, 0.25) is 5.75 Å². The van der Waals surface area contributed by atoms with Gasteiger partial charge in [0.15, 0.2) is 16.9 Å². The molecular weight excluding hydrogens is 258 g/mol. The van der Waals surface area contributed by atoms with Crippen molar-refractivity contribution in [1.29, 1.82) is 0 Å². The largest absolute Gasteiger partial charge is 0.493 e. The Morgan fingerprint density at radius 3 is 2.30 bits per heavy atom. The predicted octanol–water partition coefficient (Wildman–Crippen LogP) is 2.51. The zero-order valence-electron chi connectivity index (χ0n) is 12.2. The van der Waals surface area contributed by atoms with Crippen LogP contribution >= 0.6 is 0 Å². The summed E-state index contributed by atoms with van der Waals surface area (Å²) in [6.07, 6.45) is 1.79. The summed E-state index contributed by atoms with van der Waals surface area (Å²) in [6, 6.07) is 3.37. The van der Waals surface area contributed by atoms with Gasteiger partial charge < -0.3 is 19.2 Å². The Bertz CT molecular complexity index is 676. The van der Waals surface area contributed by atoms with Gasteiger partial charge in [0.1, 0.15) is 0 Å². The van der Waals surface area contributed by atoms with Crippen molar-refractivity contribution in [3.8, 4) is 17.2 Å². The van der Waals surface area contributed by atoms with Gasteiger partial charge in [0, 0.05) is 17.8 Å². The maximum atomic E-state index is 12.3. The molecule has 20 heavy (non-hydrogen) atoms. The minimum atomic E-state index is -0.0833. The molecule has 0 fully saturated rings. The van der Waals surface area contributed by atoms with Gasteiger partial charge in [0.05, 0.1) is 32.2 Å². The van der Waals surface area contributed by atoms with Crippen molar-refractivity contribution < 1.29 is 14.2 Å². The number of hydrogen-bond donors (Lipinski definition) is 1. The number of benzene rings is 1. The number of nitrogens with one attached hydrogen (secondary N) is 1. The summed E-state index contributed by atoms with van der Waals surface area (Å²) < 4.78 is 15.9. The topological polar surface area (TPSA) is 60.6 Å². The number of aromatic nitrogens is 1. The highest BCUT2D eigenvalue weighted by Crippen LogP contribution is 2.41. The zero-order valence-corrected chi connectivity index (χ0v) is 12.2. The quantitative estimate of drug-likeness (QED) is 0.912. The van der Waals surface area contributed by atoms with Crippen molar-refractivity contribution in [2.45, 2.75) is 19.8 Å². The number of aromatic amines is 1. The lowest BCUT2D eigenvalue weighted by Crippen LogP contribution is -2.08. The summed E-state index contributed by atoms with van der Waals surface area (Å²) in [4.78, 5) is 15.6. The molecule has 2 rings (SSSR count). The lowest BCUT2D eigenvalue weighted by atomic mass is 10.1. The molecule has 0 radical (unpaired) electrons. The molecule has 1 aromatic heterocycles. The maximum Gasteiger partial charge on any atom is 0.204 e. The van der Waals surface area contributed by atoms with Gasteiger partial charge in [0.25, 0.3) is 0 Å². The van der Waals surface area contributed by atoms with Gasteiger partial charge in [-0.15, -0.1) is 0 Å². The summed E-state index contributed by atoms with van der Waals surface area (Å²) in [6.45, 7) is 2.07. The minimum Gasteiger partial charge on any atom is -0.493 e. The Hall–Kier alpha value is -2.17. The van der Waals surface area contributed by atoms with Crippen LogP contribution in [0.3, 0.4) is 0 Å². The van der Waals surface area contributed by atoms with Crippen LogP contribution in [0.1, 0.15) is 19.0 Å². The summed E-state index contributed by atoms with van der Waals surface area (Å²) >= 11 is 0. The average molecular weight is 277 g/mol. The third-order valence-corrected chi connectivity index (χ3v) is 3.20. The highest BCUT2D eigenvalue weighted by Gasteiger charge is 2.18. The smallest absolute Gasteiger partial charge is 0.204 e. The fourth-order valence-electron chi connectivity index (χ4n) is 2.34. The number of aryl methyl sites for hydroxylation is 1. The molecule has 1 aromatic carbocycles. The number of hydrogen-bond acceptors (Lipinski definition) is 4. The molecule has 0 spiro atoms. The summed E-state index contributed by atoms with van der Waals surface area (Å²) in [5.41, 5.74) is 1.51. The number of pyridine rings is 1. The predicted molar refractivity (Wildman–Crippen MR) is 78.2 cm³/mol. The summed E-state index contributed by atoms with van der Waals surface area (Å²) in [7, 11) is 4.58. The molecule has 0 saturated heterocycles. The van der Waals surface area contributed by atoms with E-state index in [0.29, 0.717) is 28.2 Å². The van der Waals surface area contributed by atoms with Gasteiger partial charge in [-0.1, -0.05) is 13.3 Å². The standard InChI is InChI=1S/C15H19NO4/c1-5-6-9-7-11(17)13-10(16-9)8-12(18-2)14(19-3)15(13)20-4/h7-8H,5-6H2,1-4H3,(H,16,17). The lowest BCUT2D eigenvalue weighted by molar-refractivity contribution is 0.327. The Kier molecular flexibility index (Phi) is 4.17. The first-order valence-electron chi connectivity index (χ1n) is 6.51. The second-order valence-corrected chi connectivity index (χ2v) is 4.48. The Balaban J connectivity index is 2.84. The molecule has 0 saturated carbocycles. The van der Waals surface area contributed by atoms with Crippen molar-refractivity contribution in [2.24, 2.45) is 0 Å². The van der Waals surface area contributed by atoms with Crippen molar-refractivity contribution in [3.63, 3.8) is 0 Å². The molecule has 5 nitrogen and oxygen atoms in total. The van der Waals surface area contributed by atoms with Crippen molar-refractivity contribution in [1.82, 2.24) is 4.98 Å². The third kappa shape index (κ3) is 2.31. The van der Waals surface area contributed by atoms with E-state index in [-0.39, 0.29) is 5.43 Å². The molecule has 0 amide bonds. The fourth-order valence-corrected chi connectivity index (χ4v) is 2.34. The summed E-state index contributed by atoms with van der Waals surface area (Å²) in [5, 5.41) is 0.477. The number of H-pyrrole nitrogens is 1.